The van der Waals surface area contributed by atoms with E-state index in [1.165, 1.54) is 6.08 Å². The Bertz CT molecular complexity index is 1200. The molecule has 0 saturated carbocycles. The first-order valence-electron chi connectivity index (χ1n) is 8.20. The molecule has 0 unspecified atom stereocenters. The molecular weight excluding hydrogens is 370 g/mol. The third kappa shape index (κ3) is 2.77. The van der Waals surface area contributed by atoms with Crippen LogP contribution in [-0.2, 0) is 9.59 Å². The normalized spacial score (nSPS) is 14.3. The number of hydrogen-bond acceptors (Lipinski definition) is 5. The molecule has 1 aliphatic rings. The summed E-state index contributed by atoms with van der Waals surface area (Å²) in [5, 5.41) is 13.2. The quantitative estimate of drug-likeness (QED) is 0.472. The smallest absolute Gasteiger partial charge is 0.277 e. The highest BCUT2D eigenvalue weighted by Crippen LogP contribution is 2.27. The number of β-amino-alcohol motifs (C(OH)–C–C–N with tert-alkyl or cyclic N) is 1. The van der Waals surface area contributed by atoms with E-state index >= 15 is 0 Å². The van der Waals surface area contributed by atoms with E-state index in [0.29, 0.717) is 32.5 Å². The maximum absolute atomic E-state index is 12.8. The van der Waals surface area contributed by atoms with Crippen molar-refractivity contribution in [2.75, 3.05) is 18.5 Å². The highest BCUT2D eigenvalue weighted by molar-refractivity contribution is 6.35. The van der Waals surface area contributed by atoms with Crippen molar-refractivity contribution in [3.05, 3.63) is 63.4 Å². The molecular formula is C19H14ClN3O4. The fourth-order valence-corrected chi connectivity index (χ4v) is 3.37. The number of halogens is 1. The molecule has 2 heterocycles. The first kappa shape index (κ1) is 17.3. The van der Waals surface area contributed by atoms with Gasteiger partial charge in [-0.2, -0.15) is 0 Å². The summed E-state index contributed by atoms with van der Waals surface area (Å²) in [6, 6.07) is 10.1. The number of benzene rings is 2. The number of amides is 2. The molecule has 3 aromatic rings. The summed E-state index contributed by atoms with van der Waals surface area (Å²) < 4.78 is 0. The third-order valence-corrected chi connectivity index (χ3v) is 4.73. The molecule has 3 N–H and O–H groups in total. The zero-order valence-electron chi connectivity index (χ0n) is 14.0. The number of carbonyl (C=O) groups excluding carboxylic acids is 2. The first-order chi connectivity index (χ1) is 13.0. The summed E-state index contributed by atoms with van der Waals surface area (Å²) in [6.45, 7) is -0.392. The Hall–Kier alpha value is -3.16. The van der Waals surface area contributed by atoms with Crippen molar-refractivity contribution in [1.29, 1.82) is 0 Å². The Morgan fingerprint density at radius 2 is 1.74 bits per heavy atom. The van der Waals surface area contributed by atoms with E-state index in [0.717, 1.165) is 4.90 Å². The number of pyridine rings is 1. The molecule has 0 atom stereocenters. The summed E-state index contributed by atoms with van der Waals surface area (Å²) in [6.07, 6.45) is 1.17. The molecule has 7 nitrogen and oxygen atoms in total. The van der Waals surface area contributed by atoms with E-state index in [1.54, 1.807) is 36.4 Å². The second-order valence-electron chi connectivity index (χ2n) is 6.05. The van der Waals surface area contributed by atoms with Gasteiger partial charge in [0.2, 0.25) is 0 Å². The molecule has 1 aliphatic heterocycles. The zero-order chi connectivity index (χ0) is 19.1. The van der Waals surface area contributed by atoms with Crippen LogP contribution in [0.15, 0.2) is 53.0 Å². The monoisotopic (exact) mass is 383 g/mol. The van der Waals surface area contributed by atoms with E-state index in [2.05, 4.69) is 10.3 Å². The van der Waals surface area contributed by atoms with Crippen LogP contribution in [0.5, 0.6) is 0 Å². The van der Waals surface area contributed by atoms with Gasteiger partial charge in [-0.25, -0.2) is 0 Å². The maximum Gasteiger partial charge on any atom is 0.277 e. The molecule has 0 aliphatic carbocycles. The van der Waals surface area contributed by atoms with Crippen molar-refractivity contribution in [3.8, 4) is 0 Å². The van der Waals surface area contributed by atoms with E-state index in [9.17, 15) is 14.4 Å². The first-order valence-corrected chi connectivity index (χ1v) is 8.57. The number of nitrogens with zero attached hydrogens (tertiary/aromatic N) is 1. The van der Waals surface area contributed by atoms with Gasteiger partial charge in [-0.3, -0.25) is 19.3 Å². The Labute approximate surface area is 157 Å². The molecule has 136 valence electrons. The lowest BCUT2D eigenvalue weighted by Crippen LogP contribution is -2.34. The summed E-state index contributed by atoms with van der Waals surface area (Å²) in [5.74, 6) is -1.04. The van der Waals surface area contributed by atoms with E-state index in [4.69, 9.17) is 16.7 Å². The standard InChI is InChI=1S/C19H14ClN3O4/c20-12-5-1-3-10-16(12)22-17-11(18(10)26)4-2-6-13(17)21-14-9-15(25)23(7-8-24)19(14)27/h1-6,9,21,24H,7-8H2,(H,22,26). The van der Waals surface area contributed by atoms with Crippen molar-refractivity contribution in [1.82, 2.24) is 9.88 Å². The van der Waals surface area contributed by atoms with Gasteiger partial charge in [0, 0.05) is 16.8 Å². The van der Waals surface area contributed by atoms with Gasteiger partial charge in [0.15, 0.2) is 5.43 Å². The highest BCUT2D eigenvalue weighted by atomic mass is 35.5. The van der Waals surface area contributed by atoms with E-state index in [1.807, 2.05) is 0 Å². The number of aliphatic hydroxyl groups excluding tert-OH is 1. The van der Waals surface area contributed by atoms with Crippen LogP contribution >= 0.6 is 11.6 Å². The van der Waals surface area contributed by atoms with Gasteiger partial charge in [0.25, 0.3) is 11.8 Å². The lowest BCUT2D eigenvalue weighted by Gasteiger charge is -2.14. The molecule has 2 aromatic carbocycles. The van der Waals surface area contributed by atoms with Gasteiger partial charge in [-0.1, -0.05) is 23.7 Å². The van der Waals surface area contributed by atoms with Crippen LogP contribution in [0.25, 0.3) is 21.8 Å². The Morgan fingerprint density at radius 3 is 2.48 bits per heavy atom. The maximum atomic E-state index is 12.8. The van der Waals surface area contributed by atoms with Crippen molar-refractivity contribution < 1.29 is 14.7 Å². The SMILES string of the molecule is O=C1C=C(Nc2cccc3c(=O)c4cccc(Cl)c4[nH]c23)C(=O)N1CCO. The molecule has 27 heavy (non-hydrogen) atoms. The Kier molecular flexibility index (Phi) is 4.18. The molecule has 4 rings (SSSR count). The number of aliphatic hydroxyl groups is 1. The van der Waals surface area contributed by atoms with Gasteiger partial charge in [-0.15, -0.1) is 0 Å². The van der Waals surface area contributed by atoms with Crippen molar-refractivity contribution in [3.63, 3.8) is 0 Å². The number of aromatic nitrogens is 1. The van der Waals surface area contributed by atoms with Crippen LogP contribution in [0.3, 0.4) is 0 Å². The Morgan fingerprint density at radius 1 is 1.04 bits per heavy atom. The predicted octanol–water partition coefficient (Wildman–Crippen LogP) is 1.99. The van der Waals surface area contributed by atoms with Crippen molar-refractivity contribution in [2.24, 2.45) is 0 Å². The van der Waals surface area contributed by atoms with Crippen molar-refractivity contribution in [2.45, 2.75) is 0 Å². The van der Waals surface area contributed by atoms with Gasteiger partial charge in [-0.05, 0) is 24.3 Å². The molecule has 0 fully saturated rings. The third-order valence-electron chi connectivity index (χ3n) is 4.42. The fraction of sp³-hybridized carbons (Fsp3) is 0.105. The minimum Gasteiger partial charge on any atom is -0.395 e. The summed E-state index contributed by atoms with van der Waals surface area (Å²) >= 11 is 6.22. The van der Waals surface area contributed by atoms with Crippen molar-refractivity contribution >= 4 is 50.9 Å². The molecule has 1 aromatic heterocycles. The average molecular weight is 384 g/mol. The molecule has 0 spiro atoms. The number of carbonyl (C=O) groups is 2. The largest absolute Gasteiger partial charge is 0.395 e. The van der Waals surface area contributed by atoms with Gasteiger partial charge < -0.3 is 15.4 Å². The Balaban J connectivity index is 1.84. The molecule has 0 bridgehead atoms. The van der Waals surface area contributed by atoms with Crippen LogP contribution in [0, 0.1) is 0 Å². The minimum absolute atomic E-state index is 0.0704. The second-order valence-corrected chi connectivity index (χ2v) is 6.45. The molecule has 2 amide bonds. The molecule has 0 radical (unpaired) electrons. The van der Waals surface area contributed by atoms with Crippen LogP contribution in [-0.4, -0.2) is 40.0 Å². The van der Waals surface area contributed by atoms with E-state index in [-0.39, 0.29) is 24.3 Å². The number of nitrogens with one attached hydrogen (secondary N) is 2. The zero-order valence-corrected chi connectivity index (χ0v) is 14.7. The summed E-state index contributed by atoms with van der Waals surface area (Å²) in [5.41, 5.74) is 1.32. The summed E-state index contributed by atoms with van der Waals surface area (Å²) in [7, 11) is 0. The molecule has 8 heteroatoms. The van der Waals surface area contributed by atoms with Gasteiger partial charge >= 0.3 is 0 Å². The predicted molar refractivity (Wildman–Crippen MR) is 103 cm³/mol. The number of aromatic amines is 1. The van der Waals surface area contributed by atoms with E-state index < -0.39 is 11.8 Å². The molecule has 0 saturated heterocycles. The fourth-order valence-electron chi connectivity index (χ4n) is 3.15. The number of rotatable bonds is 4. The van der Waals surface area contributed by atoms with Crippen LogP contribution in [0.2, 0.25) is 5.02 Å². The lowest BCUT2D eigenvalue weighted by molar-refractivity contribution is -0.137. The number of hydrogen-bond donors (Lipinski definition) is 3. The number of para-hydroxylation sites is 2. The van der Waals surface area contributed by atoms with Gasteiger partial charge in [0.1, 0.15) is 5.70 Å². The second kappa shape index (κ2) is 6.53. The lowest BCUT2D eigenvalue weighted by atomic mass is 10.1. The number of fused-ring (bicyclic) bond motifs is 2. The summed E-state index contributed by atoms with van der Waals surface area (Å²) in [4.78, 5) is 41.2. The average Bonchev–Trinajstić information content (AvgIpc) is 2.91. The number of imide groups is 1. The van der Waals surface area contributed by atoms with Gasteiger partial charge in [0.05, 0.1) is 34.9 Å². The highest BCUT2D eigenvalue weighted by Gasteiger charge is 2.30. The number of H-pyrrole nitrogens is 1. The minimum atomic E-state index is -0.535. The van der Waals surface area contributed by atoms with Crippen LogP contribution in [0.1, 0.15) is 0 Å². The van der Waals surface area contributed by atoms with Crippen LogP contribution in [0.4, 0.5) is 5.69 Å². The number of anilines is 1. The topological polar surface area (TPSA) is 102 Å². The van der Waals surface area contributed by atoms with Crippen LogP contribution < -0.4 is 10.7 Å².